The molecule has 98 valence electrons. The monoisotopic (exact) mass is 275 g/mol. The first-order chi connectivity index (χ1) is 8.99. The van der Waals surface area contributed by atoms with Gasteiger partial charge in [0.2, 0.25) is 0 Å². The van der Waals surface area contributed by atoms with Gasteiger partial charge in [-0.2, -0.15) is 0 Å². The number of carbonyl (C=O) groups excluding carboxylic acids is 1. The summed E-state index contributed by atoms with van der Waals surface area (Å²) >= 11 is 5.98. The number of anilines is 2. The van der Waals surface area contributed by atoms with Crippen LogP contribution in [0.25, 0.3) is 0 Å². The van der Waals surface area contributed by atoms with Crippen molar-refractivity contribution in [1.29, 1.82) is 0 Å². The highest BCUT2D eigenvalue weighted by Gasteiger charge is 2.17. The van der Waals surface area contributed by atoms with Crippen LogP contribution in [-0.4, -0.2) is 17.9 Å². The summed E-state index contributed by atoms with van der Waals surface area (Å²) in [7, 11) is 1.69. The van der Waals surface area contributed by atoms with E-state index in [0.717, 1.165) is 11.3 Å². The van der Waals surface area contributed by atoms with Crippen molar-refractivity contribution in [1.82, 2.24) is 4.98 Å². The fourth-order valence-electron chi connectivity index (χ4n) is 1.69. The minimum Gasteiger partial charge on any atom is -0.384 e. The van der Waals surface area contributed by atoms with E-state index in [0.29, 0.717) is 5.56 Å². The standard InChI is InChI=1S/C14H14ClN3O/c1-9-3-5-10(6-4-9)18(2)14(19)11-7-13(16)17-8-12(11)15/h3-8H,1-2H3,(H2,16,17). The summed E-state index contributed by atoms with van der Waals surface area (Å²) in [5.74, 6) is 0.0491. The van der Waals surface area contributed by atoms with Crippen LogP contribution in [0.1, 0.15) is 15.9 Å². The Morgan fingerprint density at radius 3 is 2.58 bits per heavy atom. The van der Waals surface area contributed by atoms with Crippen LogP contribution < -0.4 is 10.6 Å². The molecule has 0 radical (unpaired) electrons. The van der Waals surface area contributed by atoms with Gasteiger partial charge in [-0.15, -0.1) is 0 Å². The Morgan fingerprint density at radius 1 is 1.32 bits per heavy atom. The first-order valence-corrected chi connectivity index (χ1v) is 6.12. The summed E-state index contributed by atoms with van der Waals surface area (Å²) in [6.07, 6.45) is 1.38. The lowest BCUT2D eigenvalue weighted by atomic mass is 10.2. The maximum atomic E-state index is 12.4. The van der Waals surface area contributed by atoms with Gasteiger partial charge in [-0.1, -0.05) is 29.3 Å². The number of nitrogen functional groups attached to an aromatic ring is 1. The average Bonchev–Trinajstić information content (AvgIpc) is 2.41. The molecule has 2 rings (SSSR count). The molecule has 0 fully saturated rings. The minimum absolute atomic E-state index is 0.219. The Bertz CT molecular complexity index is 611. The van der Waals surface area contributed by atoms with Gasteiger partial charge >= 0.3 is 0 Å². The number of carbonyl (C=O) groups is 1. The molecule has 19 heavy (non-hydrogen) atoms. The summed E-state index contributed by atoms with van der Waals surface area (Å²) in [4.78, 5) is 17.7. The zero-order valence-corrected chi connectivity index (χ0v) is 11.5. The van der Waals surface area contributed by atoms with Gasteiger partial charge in [0.15, 0.2) is 0 Å². The molecule has 4 nitrogen and oxygen atoms in total. The minimum atomic E-state index is -0.219. The third-order valence-electron chi connectivity index (χ3n) is 2.83. The van der Waals surface area contributed by atoms with Crippen LogP contribution in [0, 0.1) is 6.92 Å². The lowest BCUT2D eigenvalue weighted by molar-refractivity contribution is 0.0993. The Balaban J connectivity index is 2.33. The average molecular weight is 276 g/mol. The molecule has 2 N–H and O–H groups in total. The smallest absolute Gasteiger partial charge is 0.259 e. The topological polar surface area (TPSA) is 59.2 Å². The summed E-state index contributed by atoms with van der Waals surface area (Å²) in [5.41, 5.74) is 7.86. The predicted molar refractivity (Wildman–Crippen MR) is 77.6 cm³/mol. The molecule has 1 aromatic heterocycles. The molecule has 0 unspecified atom stereocenters. The van der Waals surface area contributed by atoms with Crippen molar-refractivity contribution in [3.63, 3.8) is 0 Å². The maximum absolute atomic E-state index is 12.4. The van der Waals surface area contributed by atoms with E-state index in [-0.39, 0.29) is 16.7 Å². The van der Waals surface area contributed by atoms with Crippen LogP contribution in [0.3, 0.4) is 0 Å². The third kappa shape index (κ3) is 2.85. The molecule has 1 heterocycles. The molecule has 0 bridgehead atoms. The van der Waals surface area contributed by atoms with Gasteiger partial charge in [0.25, 0.3) is 5.91 Å². The van der Waals surface area contributed by atoms with Crippen molar-refractivity contribution in [2.24, 2.45) is 0 Å². The quantitative estimate of drug-likeness (QED) is 0.917. The van der Waals surface area contributed by atoms with Crippen LogP contribution in [0.15, 0.2) is 36.5 Å². The number of hydrogen-bond donors (Lipinski definition) is 1. The molecule has 0 spiro atoms. The van der Waals surface area contributed by atoms with Gasteiger partial charge in [0, 0.05) is 18.9 Å². The zero-order chi connectivity index (χ0) is 14.0. The van der Waals surface area contributed by atoms with Crippen molar-refractivity contribution < 1.29 is 4.79 Å². The van der Waals surface area contributed by atoms with E-state index in [2.05, 4.69) is 4.98 Å². The first-order valence-electron chi connectivity index (χ1n) is 5.75. The van der Waals surface area contributed by atoms with Crippen LogP contribution in [-0.2, 0) is 0 Å². The molecule has 1 aromatic carbocycles. The van der Waals surface area contributed by atoms with Crippen molar-refractivity contribution in [2.75, 3.05) is 17.7 Å². The molecule has 0 aliphatic rings. The second kappa shape index (κ2) is 5.28. The Labute approximate surface area is 116 Å². The number of halogens is 1. The SMILES string of the molecule is Cc1ccc(N(C)C(=O)c2cc(N)ncc2Cl)cc1. The summed E-state index contributed by atoms with van der Waals surface area (Å²) in [5, 5.41) is 0.290. The van der Waals surface area contributed by atoms with Gasteiger partial charge in [0.1, 0.15) is 5.82 Å². The van der Waals surface area contributed by atoms with E-state index in [9.17, 15) is 4.79 Å². The first kappa shape index (κ1) is 13.4. The highest BCUT2D eigenvalue weighted by atomic mass is 35.5. The van der Waals surface area contributed by atoms with Crippen molar-refractivity contribution in [3.8, 4) is 0 Å². The van der Waals surface area contributed by atoms with E-state index >= 15 is 0 Å². The Morgan fingerprint density at radius 2 is 1.95 bits per heavy atom. The zero-order valence-electron chi connectivity index (χ0n) is 10.7. The van der Waals surface area contributed by atoms with E-state index in [1.54, 1.807) is 7.05 Å². The molecule has 0 saturated carbocycles. The number of nitrogens with zero attached hydrogens (tertiary/aromatic N) is 2. The number of aromatic nitrogens is 1. The van der Waals surface area contributed by atoms with Crippen LogP contribution in [0.5, 0.6) is 0 Å². The fraction of sp³-hybridized carbons (Fsp3) is 0.143. The largest absolute Gasteiger partial charge is 0.384 e. The number of hydrogen-bond acceptors (Lipinski definition) is 3. The highest BCUT2D eigenvalue weighted by molar-refractivity contribution is 6.34. The van der Waals surface area contributed by atoms with Gasteiger partial charge in [-0.3, -0.25) is 4.79 Å². The molecule has 0 aliphatic heterocycles. The predicted octanol–water partition coefficient (Wildman–Crippen LogP) is 2.90. The molecule has 0 aliphatic carbocycles. The van der Waals surface area contributed by atoms with E-state index in [4.69, 9.17) is 17.3 Å². The summed E-state index contributed by atoms with van der Waals surface area (Å²) in [6.45, 7) is 1.99. The number of pyridine rings is 1. The third-order valence-corrected chi connectivity index (χ3v) is 3.13. The molecular weight excluding hydrogens is 262 g/mol. The number of amides is 1. The fourth-order valence-corrected chi connectivity index (χ4v) is 1.87. The summed E-state index contributed by atoms with van der Waals surface area (Å²) in [6, 6.07) is 9.13. The van der Waals surface area contributed by atoms with Crippen molar-refractivity contribution >= 4 is 29.0 Å². The van der Waals surface area contributed by atoms with E-state index < -0.39 is 0 Å². The van der Waals surface area contributed by atoms with Gasteiger partial charge < -0.3 is 10.6 Å². The van der Waals surface area contributed by atoms with E-state index in [1.807, 2.05) is 31.2 Å². The van der Waals surface area contributed by atoms with Gasteiger partial charge in [-0.25, -0.2) is 4.98 Å². The molecule has 1 amide bonds. The Kier molecular flexibility index (Phi) is 3.71. The number of rotatable bonds is 2. The highest BCUT2D eigenvalue weighted by Crippen LogP contribution is 2.21. The molecule has 0 saturated heterocycles. The lowest BCUT2D eigenvalue weighted by Gasteiger charge is -2.18. The second-order valence-electron chi connectivity index (χ2n) is 4.29. The second-order valence-corrected chi connectivity index (χ2v) is 4.70. The molecular formula is C14H14ClN3O. The van der Waals surface area contributed by atoms with Crippen LogP contribution in [0.4, 0.5) is 11.5 Å². The maximum Gasteiger partial charge on any atom is 0.259 e. The normalized spacial score (nSPS) is 10.3. The van der Waals surface area contributed by atoms with Crippen LogP contribution >= 0.6 is 11.6 Å². The van der Waals surface area contributed by atoms with Gasteiger partial charge in [-0.05, 0) is 25.1 Å². The Hall–Kier alpha value is -2.07. The van der Waals surface area contributed by atoms with Crippen molar-refractivity contribution in [3.05, 3.63) is 52.7 Å². The van der Waals surface area contributed by atoms with Crippen molar-refractivity contribution in [2.45, 2.75) is 6.92 Å². The van der Waals surface area contributed by atoms with Crippen LogP contribution in [0.2, 0.25) is 5.02 Å². The number of aryl methyl sites for hydroxylation is 1. The summed E-state index contributed by atoms with van der Waals surface area (Å²) < 4.78 is 0. The van der Waals surface area contributed by atoms with Gasteiger partial charge in [0.05, 0.1) is 10.6 Å². The number of nitrogens with two attached hydrogens (primary N) is 1. The van der Waals surface area contributed by atoms with E-state index in [1.165, 1.54) is 17.2 Å². The number of benzene rings is 1. The molecule has 5 heteroatoms. The molecule has 0 atom stereocenters. The molecule has 2 aromatic rings. The lowest BCUT2D eigenvalue weighted by Crippen LogP contribution is -2.26.